The van der Waals surface area contributed by atoms with Gasteiger partial charge in [0.05, 0.1) is 35.0 Å². The van der Waals surface area contributed by atoms with Gasteiger partial charge in [0.25, 0.3) is 11.5 Å². The Bertz CT molecular complexity index is 1490. The molecule has 3 aromatic carbocycles. The van der Waals surface area contributed by atoms with Crippen molar-refractivity contribution in [2.45, 2.75) is 0 Å². The Morgan fingerprint density at radius 2 is 1.81 bits per heavy atom. The van der Waals surface area contributed by atoms with Gasteiger partial charge in [-0.1, -0.05) is 24.3 Å². The first-order chi connectivity index (χ1) is 15.5. The lowest BCUT2D eigenvalue weighted by molar-refractivity contribution is -0.112. The van der Waals surface area contributed by atoms with Gasteiger partial charge in [0.2, 0.25) is 0 Å². The van der Waals surface area contributed by atoms with Crippen molar-refractivity contribution in [1.82, 2.24) is 9.55 Å². The van der Waals surface area contributed by atoms with Crippen LogP contribution in [0.15, 0.2) is 71.5 Å². The van der Waals surface area contributed by atoms with Crippen molar-refractivity contribution in [3.05, 3.63) is 92.0 Å². The summed E-state index contributed by atoms with van der Waals surface area (Å²) >= 11 is 2.18. The molecular formula is C25H18IN3O3. The smallest absolute Gasteiger partial charge is 0.266 e. The highest BCUT2D eigenvalue weighted by Crippen LogP contribution is 2.36. The summed E-state index contributed by atoms with van der Waals surface area (Å²) in [6.45, 7) is 0. The fourth-order valence-electron chi connectivity index (χ4n) is 3.94. The molecule has 0 atom stereocenters. The molecule has 0 bridgehead atoms. The first-order valence-corrected chi connectivity index (χ1v) is 11.0. The van der Waals surface area contributed by atoms with Crippen molar-refractivity contribution >= 4 is 56.7 Å². The minimum Gasteiger partial charge on any atom is -0.497 e. The van der Waals surface area contributed by atoms with Crippen molar-refractivity contribution in [2.75, 3.05) is 19.1 Å². The maximum absolute atomic E-state index is 13.6. The molecule has 0 spiro atoms. The highest BCUT2D eigenvalue weighted by Gasteiger charge is 2.29. The molecule has 0 N–H and O–H groups in total. The van der Waals surface area contributed by atoms with Gasteiger partial charge in [0.1, 0.15) is 11.6 Å². The molecule has 1 aliphatic heterocycles. The van der Waals surface area contributed by atoms with Crippen LogP contribution >= 0.6 is 22.6 Å². The van der Waals surface area contributed by atoms with E-state index >= 15 is 0 Å². The predicted octanol–water partition coefficient (Wildman–Crippen LogP) is 4.52. The Kier molecular flexibility index (Phi) is 5.05. The summed E-state index contributed by atoms with van der Waals surface area (Å²) in [4.78, 5) is 33.0. The number of para-hydroxylation sites is 1. The number of amides is 1. The summed E-state index contributed by atoms with van der Waals surface area (Å²) < 4.78 is 7.83. The van der Waals surface area contributed by atoms with E-state index < -0.39 is 0 Å². The Morgan fingerprint density at radius 3 is 2.62 bits per heavy atom. The van der Waals surface area contributed by atoms with Gasteiger partial charge >= 0.3 is 0 Å². The monoisotopic (exact) mass is 535 g/mol. The first-order valence-electron chi connectivity index (χ1n) is 9.94. The molecule has 0 saturated carbocycles. The van der Waals surface area contributed by atoms with Crippen LogP contribution in [0, 0.1) is 3.57 Å². The van der Waals surface area contributed by atoms with E-state index in [1.807, 2.05) is 60.7 Å². The number of likely N-dealkylation sites (N-methyl/N-ethyl adjacent to an activating group) is 1. The molecule has 1 amide bonds. The zero-order valence-electron chi connectivity index (χ0n) is 17.4. The molecule has 1 aliphatic rings. The van der Waals surface area contributed by atoms with Crippen LogP contribution < -0.4 is 15.2 Å². The maximum atomic E-state index is 13.6. The lowest BCUT2D eigenvalue weighted by atomic mass is 10.1. The predicted molar refractivity (Wildman–Crippen MR) is 134 cm³/mol. The van der Waals surface area contributed by atoms with Gasteiger partial charge in [0.15, 0.2) is 0 Å². The quantitative estimate of drug-likeness (QED) is 0.286. The number of hydrogen-bond acceptors (Lipinski definition) is 4. The molecule has 5 rings (SSSR count). The van der Waals surface area contributed by atoms with Crippen molar-refractivity contribution in [3.63, 3.8) is 0 Å². The Labute approximate surface area is 197 Å². The van der Waals surface area contributed by atoms with Gasteiger partial charge in [-0.15, -0.1) is 0 Å². The topological polar surface area (TPSA) is 64.4 Å². The zero-order valence-corrected chi connectivity index (χ0v) is 19.5. The van der Waals surface area contributed by atoms with E-state index in [1.54, 1.807) is 31.2 Å². The number of halogens is 1. The van der Waals surface area contributed by atoms with E-state index in [2.05, 4.69) is 22.6 Å². The highest BCUT2D eigenvalue weighted by atomic mass is 127. The van der Waals surface area contributed by atoms with Gasteiger partial charge in [-0.2, -0.15) is 0 Å². The van der Waals surface area contributed by atoms with Gasteiger partial charge in [-0.05, 0) is 65.1 Å². The van der Waals surface area contributed by atoms with Crippen molar-refractivity contribution < 1.29 is 9.53 Å². The van der Waals surface area contributed by atoms with Crippen LogP contribution in [0.2, 0.25) is 0 Å². The van der Waals surface area contributed by atoms with Crippen LogP contribution in [-0.2, 0) is 4.79 Å². The van der Waals surface area contributed by atoms with Crippen molar-refractivity contribution in [3.8, 4) is 11.4 Å². The standard InChI is InChI=1S/C25H18IN3O3/c1-28-22-9-4-3-8-18(22)19(24(28)30)14-23-27-21-11-10-15(26)12-20(21)25(31)29(23)16-6-5-7-17(13-16)32-2/h3-14H,1-2H3/b19-14-. The first kappa shape index (κ1) is 20.4. The number of carbonyl (C=O) groups excluding carboxylic acids is 1. The van der Waals surface area contributed by atoms with E-state index in [1.165, 1.54) is 4.57 Å². The highest BCUT2D eigenvalue weighted by molar-refractivity contribution is 14.1. The zero-order chi connectivity index (χ0) is 22.4. The second-order valence-corrected chi connectivity index (χ2v) is 8.66. The Hall–Kier alpha value is -3.46. The Balaban J connectivity index is 1.83. The van der Waals surface area contributed by atoms with Gasteiger partial charge in [-0.3, -0.25) is 14.2 Å². The molecule has 0 radical (unpaired) electrons. The average Bonchev–Trinajstić information content (AvgIpc) is 3.05. The van der Waals surface area contributed by atoms with E-state index in [-0.39, 0.29) is 11.5 Å². The molecule has 6 nitrogen and oxygen atoms in total. The largest absolute Gasteiger partial charge is 0.497 e. The number of hydrogen-bond donors (Lipinski definition) is 0. The van der Waals surface area contributed by atoms with E-state index in [0.29, 0.717) is 33.7 Å². The van der Waals surface area contributed by atoms with Crippen LogP contribution in [0.4, 0.5) is 5.69 Å². The van der Waals surface area contributed by atoms with Crippen LogP contribution in [-0.4, -0.2) is 29.6 Å². The summed E-state index contributed by atoms with van der Waals surface area (Å²) in [5.74, 6) is 0.864. The van der Waals surface area contributed by atoms with Crippen LogP contribution in [0.25, 0.3) is 28.2 Å². The molecule has 7 heteroatoms. The number of fused-ring (bicyclic) bond motifs is 2. The molecule has 0 aliphatic carbocycles. The number of ether oxygens (including phenoxy) is 1. The van der Waals surface area contributed by atoms with Crippen LogP contribution in [0.3, 0.4) is 0 Å². The average molecular weight is 535 g/mol. The van der Waals surface area contributed by atoms with E-state index in [0.717, 1.165) is 14.8 Å². The number of carbonyl (C=O) groups is 1. The van der Waals surface area contributed by atoms with E-state index in [4.69, 9.17) is 9.72 Å². The fourth-order valence-corrected chi connectivity index (χ4v) is 4.43. The van der Waals surface area contributed by atoms with Crippen LogP contribution in [0.1, 0.15) is 11.4 Å². The minimum absolute atomic E-state index is 0.139. The molecular weight excluding hydrogens is 517 g/mol. The maximum Gasteiger partial charge on any atom is 0.266 e. The lowest BCUT2D eigenvalue weighted by Crippen LogP contribution is -2.23. The van der Waals surface area contributed by atoms with E-state index in [9.17, 15) is 9.59 Å². The molecule has 2 heterocycles. The second kappa shape index (κ2) is 7.90. The molecule has 32 heavy (non-hydrogen) atoms. The normalized spacial score (nSPS) is 14.3. The third-order valence-electron chi connectivity index (χ3n) is 5.53. The minimum atomic E-state index is -0.208. The molecule has 158 valence electrons. The number of rotatable bonds is 3. The third kappa shape index (κ3) is 3.29. The summed E-state index contributed by atoms with van der Waals surface area (Å²) in [6.07, 6.45) is 1.70. The SMILES string of the molecule is COc1cccc(-n2c(/C=C3\C(=O)N(C)c4ccccc43)nc3ccc(I)cc3c2=O)c1. The Morgan fingerprint density at radius 1 is 1.00 bits per heavy atom. The molecule has 0 fully saturated rings. The van der Waals surface area contributed by atoms with Gasteiger partial charge < -0.3 is 9.64 Å². The second-order valence-electron chi connectivity index (χ2n) is 7.41. The molecule has 1 aromatic heterocycles. The summed E-state index contributed by atoms with van der Waals surface area (Å²) in [5, 5.41) is 0.511. The summed E-state index contributed by atoms with van der Waals surface area (Å²) in [7, 11) is 3.32. The number of nitrogens with zero attached hydrogens (tertiary/aromatic N) is 3. The summed E-state index contributed by atoms with van der Waals surface area (Å²) in [6, 6.07) is 20.4. The third-order valence-corrected chi connectivity index (χ3v) is 6.20. The van der Waals surface area contributed by atoms with Crippen molar-refractivity contribution in [2.24, 2.45) is 0 Å². The number of benzene rings is 3. The molecule has 0 unspecified atom stereocenters. The fraction of sp³-hybridized carbons (Fsp3) is 0.0800. The lowest BCUT2D eigenvalue weighted by Gasteiger charge is -2.13. The summed E-state index contributed by atoms with van der Waals surface area (Å²) in [5.41, 5.74) is 3.12. The molecule has 0 saturated heterocycles. The van der Waals surface area contributed by atoms with Gasteiger partial charge in [0, 0.05) is 22.2 Å². The molecule has 4 aromatic rings. The van der Waals surface area contributed by atoms with Gasteiger partial charge in [-0.25, -0.2) is 4.98 Å². The number of methoxy groups -OCH3 is 1. The van der Waals surface area contributed by atoms with Crippen molar-refractivity contribution in [1.29, 1.82) is 0 Å². The number of aromatic nitrogens is 2. The van der Waals surface area contributed by atoms with Crippen LogP contribution in [0.5, 0.6) is 5.75 Å². The number of anilines is 1.